The van der Waals surface area contributed by atoms with Crippen molar-refractivity contribution in [2.45, 2.75) is 56.3 Å². The molecule has 198 valence electrons. The van der Waals surface area contributed by atoms with E-state index < -0.39 is 91.3 Å². The molecule has 0 aliphatic carbocycles. The highest BCUT2D eigenvalue weighted by atomic mass is 16.4. The van der Waals surface area contributed by atoms with Gasteiger partial charge < -0.3 is 48.3 Å². The molecule has 1 heterocycles. The second kappa shape index (κ2) is 14.0. The van der Waals surface area contributed by atoms with E-state index in [-0.39, 0.29) is 6.42 Å². The number of amides is 5. The molecule has 0 saturated carbocycles. The fraction of sp³-hybridized carbons (Fsp3) is 0.474. The molecule has 4 unspecified atom stereocenters. The summed E-state index contributed by atoms with van der Waals surface area (Å²) in [5.74, 6) is -7.81. The Morgan fingerprint density at radius 3 is 1.92 bits per heavy atom. The minimum atomic E-state index is -1.64. The summed E-state index contributed by atoms with van der Waals surface area (Å²) in [4.78, 5) is 89.1. The molecular formula is C19H28N8O9. The number of carbonyl (C=O) groups excluding carboxylic acids is 5. The van der Waals surface area contributed by atoms with E-state index >= 15 is 0 Å². The standard InChI is InChI=1S/C19H28N8O9/c20-9(4-13(21)28)16(32)26-11(5-14(22)29)18(34)25-10(1-2-15(30)31)17(33)27-12(19(35)36)3-8-6-23-7-24-8/h6-7,9-12H,1-5,20H2,(H2,21,28)(H2,22,29)(H,23,24)(H,25,34)(H,26,32)(H,27,33)(H,30,31)(H,35,36). The summed E-state index contributed by atoms with van der Waals surface area (Å²) < 4.78 is 0. The fourth-order valence-corrected chi connectivity index (χ4v) is 2.90. The predicted octanol–water partition coefficient (Wildman–Crippen LogP) is -4.57. The Kier molecular flexibility index (Phi) is 11.5. The van der Waals surface area contributed by atoms with Crippen LogP contribution in [0.15, 0.2) is 12.5 Å². The molecule has 0 bridgehead atoms. The fourth-order valence-electron chi connectivity index (χ4n) is 2.90. The first-order valence-corrected chi connectivity index (χ1v) is 10.4. The van der Waals surface area contributed by atoms with Gasteiger partial charge in [-0.15, -0.1) is 0 Å². The van der Waals surface area contributed by atoms with Crippen LogP contribution in [-0.2, 0) is 40.0 Å². The van der Waals surface area contributed by atoms with Crippen LogP contribution in [0.2, 0.25) is 0 Å². The summed E-state index contributed by atoms with van der Waals surface area (Å²) in [6, 6.07) is -6.12. The molecular weight excluding hydrogens is 484 g/mol. The van der Waals surface area contributed by atoms with Gasteiger partial charge >= 0.3 is 11.9 Å². The number of aliphatic carboxylic acids is 2. The summed E-state index contributed by atoms with van der Waals surface area (Å²) in [5.41, 5.74) is 16.0. The van der Waals surface area contributed by atoms with Crippen LogP contribution in [0.1, 0.15) is 31.4 Å². The number of carboxylic acids is 2. The Labute approximate surface area is 203 Å². The Balaban J connectivity index is 3.02. The molecule has 12 N–H and O–H groups in total. The number of hydrogen-bond acceptors (Lipinski definition) is 9. The van der Waals surface area contributed by atoms with Crippen molar-refractivity contribution >= 4 is 41.5 Å². The highest BCUT2D eigenvalue weighted by Crippen LogP contribution is 2.05. The zero-order chi connectivity index (χ0) is 27.4. The van der Waals surface area contributed by atoms with Gasteiger partial charge in [0, 0.05) is 24.7 Å². The quantitative estimate of drug-likeness (QED) is 0.101. The Hall–Kier alpha value is -4.54. The third-order valence-corrected chi connectivity index (χ3v) is 4.67. The molecule has 0 aromatic carbocycles. The number of nitrogens with two attached hydrogens (primary N) is 3. The van der Waals surface area contributed by atoms with Gasteiger partial charge in [-0.2, -0.15) is 0 Å². The maximum atomic E-state index is 12.8. The third-order valence-electron chi connectivity index (χ3n) is 4.67. The van der Waals surface area contributed by atoms with E-state index in [1.54, 1.807) is 0 Å². The number of rotatable bonds is 16. The van der Waals surface area contributed by atoms with E-state index in [0.29, 0.717) is 5.69 Å². The van der Waals surface area contributed by atoms with Crippen LogP contribution >= 0.6 is 0 Å². The van der Waals surface area contributed by atoms with Crippen LogP contribution in [0.25, 0.3) is 0 Å². The number of nitrogens with zero attached hydrogens (tertiary/aromatic N) is 1. The number of hydrogen-bond donors (Lipinski definition) is 9. The number of nitrogens with one attached hydrogen (secondary N) is 4. The van der Waals surface area contributed by atoms with Crippen molar-refractivity contribution < 1.29 is 43.8 Å². The lowest BCUT2D eigenvalue weighted by Crippen LogP contribution is -2.58. The third kappa shape index (κ3) is 10.6. The topological polar surface area (TPSA) is 303 Å². The molecule has 0 saturated heterocycles. The summed E-state index contributed by atoms with van der Waals surface area (Å²) >= 11 is 0. The van der Waals surface area contributed by atoms with Gasteiger partial charge in [-0.25, -0.2) is 9.78 Å². The van der Waals surface area contributed by atoms with Crippen LogP contribution in [0.5, 0.6) is 0 Å². The summed E-state index contributed by atoms with van der Waals surface area (Å²) in [6.45, 7) is 0. The Bertz CT molecular complexity index is 982. The molecule has 36 heavy (non-hydrogen) atoms. The SMILES string of the molecule is NC(=O)CC(N)C(=O)NC(CC(N)=O)C(=O)NC(CCC(=O)O)C(=O)NC(Cc1cnc[nH]1)C(=O)O. The Morgan fingerprint density at radius 1 is 0.861 bits per heavy atom. The summed E-state index contributed by atoms with van der Waals surface area (Å²) in [6.07, 6.45) is 0.104. The van der Waals surface area contributed by atoms with E-state index in [9.17, 15) is 38.7 Å². The largest absolute Gasteiger partial charge is 0.481 e. The first-order valence-electron chi connectivity index (χ1n) is 10.4. The van der Waals surface area contributed by atoms with Gasteiger partial charge in [0.1, 0.15) is 18.1 Å². The molecule has 0 spiro atoms. The van der Waals surface area contributed by atoms with Gasteiger partial charge in [0.25, 0.3) is 0 Å². The zero-order valence-electron chi connectivity index (χ0n) is 18.9. The van der Waals surface area contributed by atoms with Crippen LogP contribution in [0.4, 0.5) is 0 Å². The molecule has 0 aliphatic heterocycles. The van der Waals surface area contributed by atoms with E-state index in [1.807, 2.05) is 0 Å². The van der Waals surface area contributed by atoms with Crippen molar-refractivity contribution in [2.75, 3.05) is 0 Å². The van der Waals surface area contributed by atoms with Crippen LogP contribution in [-0.4, -0.2) is 85.8 Å². The number of carboxylic acid groups (broad SMARTS) is 2. The lowest BCUT2D eigenvalue weighted by Gasteiger charge is -2.24. The molecule has 17 nitrogen and oxygen atoms in total. The summed E-state index contributed by atoms with van der Waals surface area (Å²) in [5, 5.41) is 24.9. The van der Waals surface area contributed by atoms with Gasteiger partial charge in [-0.3, -0.25) is 28.8 Å². The molecule has 5 amide bonds. The van der Waals surface area contributed by atoms with Crippen LogP contribution in [0, 0.1) is 0 Å². The predicted molar refractivity (Wildman–Crippen MR) is 118 cm³/mol. The van der Waals surface area contributed by atoms with Crippen molar-refractivity contribution in [1.29, 1.82) is 0 Å². The van der Waals surface area contributed by atoms with Crippen molar-refractivity contribution in [3.63, 3.8) is 0 Å². The second-order valence-corrected chi connectivity index (χ2v) is 7.68. The number of aromatic nitrogens is 2. The van der Waals surface area contributed by atoms with Crippen molar-refractivity contribution in [1.82, 2.24) is 25.9 Å². The van der Waals surface area contributed by atoms with Crippen LogP contribution < -0.4 is 33.2 Å². The minimum Gasteiger partial charge on any atom is -0.481 e. The number of imidazole rings is 1. The first-order chi connectivity index (χ1) is 16.8. The number of H-pyrrole nitrogens is 1. The second-order valence-electron chi connectivity index (χ2n) is 7.68. The van der Waals surface area contributed by atoms with E-state index in [1.165, 1.54) is 12.5 Å². The van der Waals surface area contributed by atoms with Crippen molar-refractivity contribution in [3.05, 3.63) is 18.2 Å². The normalized spacial score (nSPS) is 13.9. The molecule has 0 fully saturated rings. The molecule has 17 heteroatoms. The zero-order valence-corrected chi connectivity index (χ0v) is 18.9. The monoisotopic (exact) mass is 512 g/mol. The average Bonchev–Trinajstić information content (AvgIpc) is 3.27. The molecule has 1 aromatic rings. The van der Waals surface area contributed by atoms with Crippen LogP contribution in [0.3, 0.4) is 0 Å². The molecule has 4 atom stereocenters. The number of primary amides is 2. The van der Waals surface area contributed by atoms with Gasteiger partial charge in [-0.05, 0) is 6.42 Å². The Morgan fingerprint density at radius 2 is 1.42 bits per heavy atom. The van der Waals surface area contributed by atoms with E-state index in [4.69, 9.17) is 22.3 Å². The minimum absolute atomic E-state index is 0.196. The lowest BCUT2D eigenvalue weighted by atomic mass is 10.1. The molecule has 0 aliphatic rings. The van der Waals surface area contributed by atoms with Crippen molar-refractivity contribution in [2.24, 2.45) is 17.2 Å². The molecule has 1 rings (SSSR count). The highest BCUT2D eigenvalue weighted by molar-refractivity contribution is 5.97. The van der Waals surface area contributed by atoms with Crippen molar-refractivity contribution in [3.8, 4) is 0 Å². The maximum absolute atomic E-state index is 12.8. The van der Waals surface area contributed by atoms with Gasteiger partial charge in [-0.1, -0.05) is 0 Å². The summed E-state index contributed by atoms with van der Waals surface area (Å²) in [7, 11) is 0. The van der Waals surface area contributed by atoms with Gasteiger partial charge in [0.15, 0.2) is 0 Å². The van der Waals surface area contributed by atoms with E-state index in [0.717, 1.165) is 0 Å². The molecule has 0 radical (unpaired) electrons. The average molecular weight is 512 g/mol. The highest BCUT2D eigenvalue weighted by Gasteiger charge is 2.31. The molecule has 1 aromatic heterocycles. The first kappa shape index (κ1) is 29.5. The number of aromatic amines is 1. The van der Waals surface area contributed by atoms with E-state index in [2.05, 4.69) is 25.9 Å². The lowest BCUT2D eigenvalue weighted by molar-refractivity contribution is -0.143. The van der Waals surface area contributed by atoms with Gasteiger partial charge in [0.05, 0.1) is 25.2 Å². The van der Waals surface area contributed by atoms with Gasteiger partial charge in [0.2, 0.25) is 29.5 Å². The maximum Gasteiger partial charge on any atom is 0.326 e. The smallest absolute Gasteiger partial charge is 0.326 e. The number of carbonyl (C=O) groups is 7.